The van der Waals surface area contributed by atoms with Gasteiger partial charge in [0.25, 0.3) is 7.94 Å². The van der Waals surface area contributed by atoms with Gasteiger partial charge in [-0.2, -0.15) is 0 Å². The van der Waals surface area contributed by atoms with E-state index in [-0.39, 0.29) is 15.9 Å². The van der Waals surface area contributed by atoms with Crippen molar-refractivity contribution in [2.24, 2.45) is 11.3 Å². The zero-order chi connectivity index (χ0) is 16.0. The van der Waals surface area contributed by atoms with Gasteiger partial charge in [-0.3, -0.25) is 5.32 Å². The second kappa shape index (κ2) is 6.16. The first-order valence-corrected chi connectivity index (χ1v) is 11.1. The monoisotopic (exact) mass is 347 g/mol. The van der Waals surface area contributed by atoms with Crippen LogP contribution in [0.25, 0.3) is 0 Å². The predicted octanol–water partition coefficient (Wildman–Crippen LogP) is 3.53. The summed E-state index contributed by atoms with van der Waals surface area (Å²) in [5.41, 5.74) is -0.0448. The lowest BCUT2D eigenvalue weighted by atomic mass is 9.88. The number of rotatable bonds is 2. The van der Waals surface area contributed by atoms with E-state index in [0.717, 1.165) is 12.8 Å². The molecule has 0 unspecified atom stereocenters. The van der Waals surface area contributed by atoms with E-state index in [1.807, 2.05) is 11.8 Å². The van der Waals surface area contributed by atoms with E-state index in [1.165, 1.54) is 19.3 Å². The standard InChI is InChI=1S/C16H30NO3PS/c1-12(2)13-17-14(16(22-13)8-6-5-7-9-16)21(18)19-10-15(3,4)11-20-21/h12-14,17H,5-11H2,1-4H3/t13-,14-/m0/s1. The first kappa shape index (κ1) is 17.4. The van der Waals surface area contributed by atoms with Crippen molar-refractivity contribution in [1.29, 1.82) is 0 Å². The van der Waals surface area contributed by atoms with E-state index in [2.05, 4.69) is 33.0 Å². The molecule has 2 saturated heterocycles. The minimum atomic E-state index is -3.08. The maximum atomic E-state index is 13.4. The minimum absolute atomic E-state index is 0.0319. The highest BCUT2D eigenvalue weighted by atomic mass is 32.2. The van der Waals surface area contributed by atoms with Crippen LogP contribution >= 0.6 is 19.7 Å². The Hall–Kier alpha value is 0.620. The molecule has 0 amide bonds. The number of thioether (sulfide) groups is 1. The lowest BCUT2D eigenvalue weighted by Crippen LogP contribution is -2.51. The molecule has 0 aromatic heterocycles. The first-order chi connectivity index (χ1) is 10.3. The van der Waals surface area contributed by atoms with Crippen LogP contribution in [0.5, 0.6) is 0 Å². The van der Waals surface area contributed by atoms with Crippen LogP contribution in [-0.2, 0) is 9.05 Å². The van der Waals surface area contributed by atoms with Gasteiger partial charge in [-0.1, -0.05) is 47.0 Å². The second-order valence-corrected chi connectivity index (χ2v) is 11.9. The molecule has 2 aliphatic heterocycles. The number of hydrogen-bond donors (Lipinski definition) is 1. The van der Waals surface area contributed by atoms with Crippen molar-refractivity contribution >= 4 is 19.7 Å². The van der Waals surface area contributed by atoms with Crippen molar-refractivity contribution in [3.63, 3.8) is 0 Å². The average molecular weight is 347 g/mol. The molecule has 4 nitrogen and oxygen atoms in total. The molecule has 0 radical (unpaired) electrons. The predicted molar refractivity (Wildman–Crippen MR) is 91.6 cm³/mol. The molecule has 6 heteroatoms. The third-order valence-electron chi connectivity index (χ3n) is 5.07. The van der Waals surface area contributed by atoms with Gasteiger partial charge < -0.3 is 4.89 Å². The SMILES string of the molecule is CC(C)[C@H]1N[C@@H]([P+]2([O-])OCC(C)(C)CO2)C2(CCCCC2)S1. The Morgan fingerprint density at radius 1 is 1.14 bits per heavy atom. The van der Waals surface area contributed by atoms with Crippen LogP contribution < -0.4 is 10.2 Å². The lowest BCUT2D eigenvalue weighted by Gasteiger charge is -2.46. The van der Waals surface area contributed by atoms with E-state index in [1.54, 1.807) is 0 Å². The van der Waals surface area contributed by atoms with Crippen molar-refractivity contribution in [1.82, 2.24) is 5.32 Å². The number of hydrogen-bond acceptors (Lipinski definition) is 5. The topological polar surface area (TPSA) is 53.5 Å². The Bertz CT molecular complexity index is 402. The minimum Gasteiger partial charge on any atom is -0.630 e. The van der Waals surface area contributed by atoms with Crippen molar-refractivity contribution in [2.75, 3.05) is 13.2 Å². The molecule has 3 rings (SSSR count). The summed E-state index contributed by atoms with van der Waals surface area (Å²) in [6, 6.07) is 0. The first-order valence-electron chi connectivity index (χ1n) is 8.59. The van der Waals surface area contributed by atoms with Crippen molar-refractivity contribution in [3.05, 3.63) is 0 Å². The van der Waals surface area contributed by atoms with Crippen LogP contribution in [0.15, 0.2) is 0 Å². The van der Waals surface area contributed by atoms with Gasteiger partial charge >= 0.3 is 0 Å². The lowest BCUT2D eigenvalue weighted by molar-refractivity contribution is -0.238. The van der Waals surface area contributed by atoms with Gasteiger partial charge in [0.05, 0.1) is 10.1 Å². The Morgan fingerprint density at radius 2 is 1.73 bits per heavy atom. The summed E-state index contributed by atoms with van der Waals surface area (Å²) < 4.78 is 11.8. The molecular weight excluding hydrogens is 317 g/mol. The molecule has 3 aliphatic rings. The summed E-state index contributed by atoms with van der Waals surface area (Å²) >= 11 is 2.00. The Kier molecular flexibility index (Phi) is 4.89. The molecule has 22 heavy (non-hydrogen) atoms. The van der Waals surface area contributed by atoms with Gasteiger partial charge in [0.15, 0.2) is 5.78 Å². The molecule has 0 aromatic carbocycles. The van der Waals surface area contributed by atoms with Crippen molar-refractivity contribution in [3.8, 4) is 0 Å². The maximum absolute atomic E-state index is 13.4. The van der Waals surface area contributed by atoms with E-state index in [4.69, 9.17) is 9.05 Å². The summed E-state index contributed by atoms with van der Waals surface area (Å²) in [6.45, 7) is 9.70. The fourth-order valence-corrected chi connectivity index (χ4v) is 8.65. The normalized spacial score (nSPS) is 36.8. The molecule has 0 aromatic rings. The summed E-state index contributed by atoms with van der Waals surface area (Å²) in [6.07, 6.45) is 5.99. The summed E-state index contributed by atoms with van der Waals surface area (Å²) in [7, 11) is -3.08. The van der Waals surface area contributed by atoms with E-state index < -0.39 is 7.94 Å². The van der Waals surface area contributed by atoms with Crippen LogP contribution in [0.4, 0.5) is 0 Å². The van der Waals surface area contributed by atoms with Gasteiger partial charge in [0.1, 0.15) is 13.2 Å². The van der Waals surface area contributed by atoms with Crippen LogP contribution in [-0.4, -0.2) is 29.1 Å². The Balaban J connectivity index is 1.83. The highest BCUT2D eigenvalue weighted by molar-refractivity contribution is 8.02. The van der Waals surface area contributed by atoms with Gasteiger partial charge in [0, 0.05) is 5.41 Å². The number of nitrogens with one attached hydrogen (secondary N) is 1. The van der Waals surface area contributed by atoms with Crippen molar-refractivity contribution < 1.29 is 13.9 Å². The largest absolute Gasteiger partial charge is 0.630 e. The van der Waals surface area contributed by atoms with Gasteiger partial charge in [-0.05, 0) is 18.8 Å². The van der Waals surface area contributed by atoms with Crippen LogP contribution in [0.1, 0.15) is 59.8 Å². The molecule has 2 atom stereocenters. The molecule has 1 aliphatic carbocycles. The third kappa shape index (κ3) is 3.22. The summed E-state index contributed by atoms with van der Waals surface area (Å²) in [5, 5.41) is 3.98. The van der Waals surface area contributed by atoms with E-state index >= 15 is 0 Å². The van der Waals surface area contributed by atoms with E-state index in [9.17, 15) is 4.89 Å². The molecule has 1 saturated carbocycles. The zero-order valence-electron chi connectivity index (χ0n) is 14.3. The third-order valence-corrected chi connectivity index (χ3v) is 9.55. The quantitative estimate of drug-likeness (QED) is 0.775. The molecule has 128 valence electrons. The molecule has 2 heterocycles. The van der Waals surface area contributed by atoms with E-state index in [0.29, 0.717) is 24.5 Å². The summed E-state index contributed by atoms with van der Waals surface area (Å²) in [4.78, 5) is 13.4. The fraction of sp³-hybridized carbons (Fsp3) is 1.00. The molecule has 3 fully saturated rings. The second-order valence-electron chi connectivity index (χ2n) is 8.23. The van der Waals surface area contributed by atoms with Gasteiger partial charge in [-0.25, -0.2) is 9.05 Å². The highest BCUT2D eigenvalue weighted by Crippen LogP contribution is 2.69. The maximum Gasteiger partial charge on any atom is 0.256 e. The van der Waals surface area contributed by atoms with Crippen LogP contribution in [0, 0.1) is 11.3 Å². The average Bonchev–Trinajstić information content (AvgIpc) is 2.84. The zero-order valence-corrected chi connectivity index (χ0v) is 16.0. The molecule has 1 N–H and O–H groups in total. The van der Waals surface area contributed by atoms with Gasteiger partial charge in [-0.15, -0.1) is 11.8 Å². The van der Waals surface area contributed by atoms with Crippen molar-refractivity contribution in [2.45, 2.75) is 75.7 Å². The Labute approximate surface area is 139 Å². The molecular formula is C16H30NO3PS. The fourth-order valence-electron chi connectivity index (χ4n) is 3.67. The highest BCUT2D eigenvalue weighted by Gasteiger charge is 2.62. The van der Waals surface area contributed by atoms with Crippen LogP contribution in [0.3, 0.4) is 0 Å². The van der Waals surface area contributed by atoms with Gasteiger partial charge in [0.2, 0.25) is 0 Å². The molecule has 1 spiro atoms. The smallest absolute Gasteiger partial charge is 0.256 e. The summed E-state index contributed by atoms with van der Waals surface area (Å²) in [5.74, 6) is 0.371. The Morgan fingerprint density at radius 3 is 2.27 bits per heavy atom. The molecule has 0 bridgehead atoms. The van der Waals surface area contributed by atoms with Crippen LogP contribution in [0.2, 0.25) is 0 Å².